The zero-order valence-electron chi connectivity index (χ0n) is 11.9. The van der Waals surface area contributed by atoms with Crippen LogP contribution in [0.4, 0.5) is 15.8 Å². The highest BCUT2D eigenvalue weighted by molar-refractivity contribution is 5.98. The maximum absolute atomic E-state index is 14.4. The minimum absolute atomic E-state index is 0.370. The lowest BCUT2D eigenvalue weighted by Gasteiger charge is -2.21. The van der Waals surface area contributed by atoms with Gasteiger partial charge < -0.3 is 10.6 Å². The second-order valence-corrected chi connectivity index (χ2v) is 5.07. The Morgan fingerprint density at radius 3 is 2.95 bits per heavy atom. The summed E-state index contributed by atoms with van der Waals surface area (Å²) in [5.41, 5.74) is 8.29. The summed E-state index contributed by atoms with van der Waals surface area (Å²) < 4.78 is 16.1. The van der Waals surface area contributed by atoms with E-state index in [1.54, 1.807) is 23.1 Å². The van der Waals surface area contributed by atoms with Gasteiger partial charge in [0, 0.05) is 49.7 Å². The SMILES string of the molecule is CN(Cc1cnn(C)c1)c1c(F)cc(N)c2cccnc12. The largest absolute Gasteiger partial charge is 0.398 e. The van der Waals surface area contributed by atoms with Crippen molar-refractivity contribution in [2.75, 3.05) is 17.7 Å². The van der Waals surface area contributed by atoms with Crippen molar-refractivity contribution >= 4 is 22.3 Å². The number of aromatic nitrogens is 3. The molecular weight excluding hydrogens is 269 g/mol. The molecule has 2 N–H and O–H groups in total. The molecule has 3 rings (SSSR count). The Morgan fingerprint density at radius 2 is 2.24 bits per heavy atom. The standard InChI is InChI=1S/C15H16FN5/c1-20(8-10-7-19-21(2)9-10)15-12(16)6-13(17)11-4-3-5-18-14(11)15/h3-7,9H,8,17H2,1-2H3. The summed E-state index contributed by atoms with van der Waals surface area (Å²) in [5, 5.41) is 4.88. The van der Waals surface area contributed by atoms with Gasteiger partial charge in [0.1, 0.15) is 0 Å². The number of anilines is 2. The first-order valence-corrected chi connectivity index (χ1v) is 6.57. The average Bonchev–Trinajstić information content (AvgIpc) is 2.84. The van der Waals surface area contributed by atoms with Crippen LogP contribution in [0.1, 0.15) is 5.56 Å². The number of benzene rings is 1. The third-order valence-corrected chi connectivity index (χ3v) is 3.41. The Hall–Kier alpha value is -2.63. The molecule has 1 aromatic carbocycles. The Kier molecular flexibility index (Phi) is 3.21. The van der Waals surface area contributed by atoms with E-state index in [0.717, 1.165) is 10.9 Å². The highest BCUT2D eigenvalue weighted by Gasteiger charge is 2.16. The number of fused-ring (bicyclic) bond motifs is 1. The molecule has 5 nitrogen and oxygen atoms in total. The van der Waals surface area contributed by atoms with Crippen LogP contribution in [0.15, 0.2) is 36.8 Å². The van der Waals surface area contributed by atoms with Crippen molar-refractivity contribution in [2.45, 2.75) is 6.54 Å². The van der Waals surface area contributed by atoms with E-state index in [2.05, 4.69) is 10.1 Å². The first-order chi connectivity index (χ1) is 10.1. The van der Waals surface area contributed by atoms with Crippen molar-refractivity contribution in [1.29, 1.82) is 0 Å². The van der Waals surface area contributed by atoms with E-state index in [1.165, 1.54) is 6.07 Å². The van der Waals surface area contributed by atoms with Crippen LogP contribution in [-0.4, -0.2) is 21.8 Å². The predicted octanol–water partition coefficient (Wildman–Crippen LogP) is 2.33. The number of nitrogens with two attached hydrogens (primary N) is 1. The smallest absolute Gasteiger partial charge is 0.150 e. The van der Waals surface area contributed by atoms with E-state index >= 15 is 0 Å². The lowest BCUT2D eigenvalue weighted by atomic mass is 10.1. The Bertz CT molecular complexity index is 796. The molecule has 0 spiro atoms. The van der Waals surface area contributed by atoms with E-state index in [4.69, 9.17) is 5.73 Å². The first kappa shape index (κ1) is 13.4. The number of rotatable bonds is 3. The van der Waals surface area contributed by atoms with Gasteiger partial charge in [0.25, 0.3) is 0 Å². The molecule has 0 radical (unpaired) electrons. The average molecular weight is 285 g/mol. The van der Waals surface area contributed by atoms with Crippen LogP contribution in [0.3, 0.4) is 0 Å². The molecule has 0 aliphatic carbocycles. The van der Waals surface area contributed by atoms with Crippen LogP contribution >= 0.6 is 0 Å². The lowest BCUT2D eigenvalue weighted by molar-refractivity contribution is 0.624. The summed E-state index contributed by atoms with van der Waals surface area (Å²) in [6, 6.07) is 4.99. The maximum Gasteiger partial charge on any atom is 0.150 e. The van der Waals surface area contributed by atoms with E-state index in [-0.39, 0.29) is 5.82 Å². The molecule has 0 saturated carbocycles. The Labute approximate surface area is 121 Å². The minimum atomic E-state index is -0.370. The first-order valence-electron chi connectivity index (χ1n) is 6.57. The van der Waals surface area contributed by atoms with Gasteiger partial charge in [-0.15, -0.1) is 0 Å². The second-order valence-electron chi connectivity index (χ2n) is 5.07. The minimum Gasteiger partial charge on any atom is -0.398 e. The maximum atomic E-state index is 14.4. The van der Waals surface area contributed by atoms with Crippen LogP contribution in [0, 0.1) is 5.82 Å². The molecule has 3 aromatic rings. The number of halogens is 1. The molecule has 21 heavy (non-hydrogen) atoms. The van der Waals surface area contributed by atoms with Crippen LogP contribution < -0.4 is 10.6 Å². The van der Waals surface area contributed by atoms with Gasteiger partial charge in [-0.2, -0.15) is 5.10 Å². The molecular formula is C15H16FN5. The topological polar surface area (TPSA) is 60.0 Å². The zero-order chi connectivity index (χ0) is 15.0. The van der Waals surface area contributed by atoms with Crippen LogP contribution in [-0.2, 0) is 13.6 Å². The van der Waals surface area contributed by atoms with Crippen molar-refractivity contribution in [1.82, 2.24) is 14.8 Å². The van der Waals surface area contributed by atoms with E-state index < -0.39 is 0 Å². The number of nitrogens with zero attached hydrogens (tertiary/aromatic N) is 4. The molecule has 0 fully saturated rings. The molecule has 2 aromatic heterocycles. The van der Waals surface area contributed by atoms with Crippen molar-refractivity contribution in [2.24, 2.45) is 7.05 Å². The Morgan fingerprint density at radius 1 is 1.43 bits per heavy atom. The van der Waals surface area contributed by atoms with Crippen LogP contribution in [0.25, 0.3) is 10.9 Å². The third kappa shape index (κ3) is 2.40. The summed E-state index contributed by atoms with van der Waals surface area (Å²) in [5.74, 6) is -0.370. The number of pyridine rings is 1. The third-order valence-electron chi connectivity index (χ3n) is 3.41. The lowest BCUT2D eigenvalue weighted by Crippen LogP contribution is -2.18. The fourth-order valence-corrected chi connectivity index (χ4v) is 2.49. The van der Waals surface area contributed by atoms with Crippen molar-refractivity contribution in [3.63, 3.8) is 0 Å². The fraction of sp³-hybridized carbons (Fsp3) is 0.200. The molecule has 108 valence electrons. The molecule has 0 unspecified atom stereocenters. The van der Waals surface area contributed by atoms with Gasteiger partial charge in [-0.3, -0.25) is 9.67 Å². The number of hydrogen-bond acceptors (Lipinski definition) is 4. The van der Waals surface area contributed by atoms with Crippen molar-refractivity contribution < 1.29 is 4.39 Å². The second kappa shape index (κ2) is 5.05. The Balaban J connectivity index is 2.06. The summed E-state index contributed by atoms with van der Waals surface area (Å²) >= 11 is 0. The van der Waals surface area contributed by atoms with Gasteiger partial charge in [-0.25, -0.2) is 4.39 Å². The van der Waals surface area contributed by atoms with Crippen molar-refractivity contribution in [3.8, 4) is 0 Å². The van der Waals surface area contributed by atoms with Crippen molar-refractivity contribution in [3.05, 3.63) is 48.2 Å². The summed E-state index contributed by atoms with van der Waals surface area (Å²) in [4.78, 5) is 6.11. The zero-order valence-corrected chi connectivity index (χ0v) is 11.9. The summed E-state index contributed by atoms with van der Waals surface area (Å²) in [6.07, 6.45) is 5.31. The van der Waals surface area contributed by atoms with Gasteiger partial charge in [0.15, 0.2) is 5.82 Å². The highest BCUT2D eigenvalue weighted by Crippen LogP contribution is 2.32. The van der Waals surface area contributed by atoms with Gasteiger partial charge in [0.2, 0.25) is 0 Å². The van der Waals surface area contributed by atoms with E-state index in [1.807, 2.05) is 31.3 Å². The molecule has 0 bridgehead atoms. The normalized spacial score (nSPS) is 11.0. The molecule has 0 atom stereocenters. The molecule has 0 aliphatic rings. The molecule has 0 saturated heterocycles. The fourth-order valence-electron chi connectivity index (χ4n) is 2.49. The van der Waals surface area contributed by atoms with Gasteiger partial charge in [0.05, 0.1) is 17.4 Å². The summed E-state index contributed by atoms with van der Waals surface area (Å²) in [6.45, 7) is 0.542. The van der Waals surface area contributed by atoms with E-state index in [0.29, 0.717) is 23.4 Å². The van der Waals surface area contributed by atoms with Gasteiger partial charge in [-0.1, -0.05) is 0 Å². The van der Waals surface area contributed by atoms with Crippen LogP contribution in [0.2, 0.25) is 0 Å². The van der Waals surface area contributed by atoms with Gasteiger partial charge in [-0.05, 0) is 18.2 Å². The monoisotopic (exact) mass is 285 g/mol. The number of aryl methyl sites for hydroxylation is 1. The predicted molar refractivity (Wildman–Crippen MR) is 81.4 cm³/mol. The number of nitrogen functional groups attached to an aromatic ring is 1. The molecule has 0 aliphatic heterocycles. The number of hydrogen-bond donors (Lipinski definition) is 1. The molecule has 0 amide bonds. The van der Waals surface area contributed by atoms with Crippen LogP contribution in [0.5, 0.6) is 0 Å². The van der Waals surface area contributed by atoms with E-state index in [9.17, 15) is 4.39 Å². The summed E-state index contributed by atoms with van der Waals surface area (Å²) in [7, 11) is 3.68. The molecule has 6 heteroatoms. The quantitative estimate of drug-likeness (QED) is 0.750. The molecule has 2 heterocycles. The highest BCUT2D eigenvalue weighted by atomic mass is 19.1. The van der Waals surface area contributed by atoms with Gasteiger partial charge >= 0.3 is 0 Å².